The van der Waals surface area contributed by atoms with Crippen molar-refractivity contribution in [2.45, 2.75) is 19.8 Å². The maximum atomic E-state index is 6.00. The van der Waals surface area contributed by atoms with Crippen LogP contribution in [0.1, 0.15) is 24.1 Å². The quantitative estimate of drug-likeness (QED) is 0.853. The first kappa shape index (κ1) is 14.0. The molecular formula is C17H19N5O. The van der Waals surface area contributed by atoms with Crippen molar-refractivity contribution in [3.8, 4) is 5.75 Å². The normalized spacial score (nSPS) is 16.9. The second kappa shape index (κ2) is 5.53. The van der Waals surface area contributed by atoms with Crippen LogP contribution in [0.2, 0.25) is 0 Å². The smallest absolute Gasteiger partial charge is 0.244 e. The fraction of sp³-hybridized carbons (Fsp3) is 0.353. The van der Waals surface area contributed by atoms with Crippen LogP contribution in [-0.2, 0) is 0 Å². The van der Waals surface area contributed by atoms with E-state index in [1.807, 2.05) is 44.3 Å². The standard InChI is InChI=1S/C17H19N5O/c1-12-14-15(19-17(18-12)22-10-6-7-11-22)21(2)20-16(23-14)13-8-4-3-5-9-13/h3-5,8-9H,6-7,10-11H2,1-2H3. The highest BCUT2D eigenvalue weighted by molar-refractivity contribution is 5.98. The third-order valence-corrected chi connectivity index (χ3v) is 4.16. The third-order valence-electron chi connectivity index (χ3n) is 4.16. The van der Waals surface area contributed by atoms with Gasteiger partial charge in [0.05, 0.1) is 5.69 Å². The molecule has 0 aliphatic carbocycles. The number of hydrazone groups is 1. The molecule has 0 spiro atoms. The van der Waals surface area contributed by atoms with E-state index in [0.29, 0.717) is 11.6 Å². The lowest BCUT2D eigenvalue weighted by Crippen LogP contribution is -2.28. The first-order chi connectivity index (χ1) is 11.2. The average molecular weight is 309 g/mol. The van der Waals surface area contributed by atoms with Gasteiger partial charge in [-0.2, -0.15) is 4.98 Å². The highest BCUT2D eigenvalue weighted by Crippen LogP contribution is 2.34. The predicted molar refractivity (Wildman–Crippen MR) is 90.2 cm³/mol. The molecule has 1 saturated heterocycles. The first-order valence-electron chi connectivity index (χ1n) is 7.91. The van der Waals surface area contributed by atoms with Gasteiger partial charge in [-0.05, 0) is 31.9 Å². The van der Waals surface area contributed by atoms with Crippen LogP contribution in [0.25, 0.3) is 0 Å². The lowest BCUT2D eigenvalue weighted by Gasteiger charge is -2.26. The highest BCUT2D eigenvalue weighted by atomic mass is 16.5. The van der Waals surface area contributed by atoms with Crippen molar-refractivity contribution in [3.63, 3.8) is 0 Å². The number of nitrogens with zero attached hydrogens (tertiary/aromatic N) is 5. The molecule has 1 aromatic heterocycles. The van der Waals surface area contributed by atoms with E-state index >= 15 is 0 Å². The zero-order valence-electron chi connectivity index (χ0n) is 13.4. The van der Waals surface area contributed by atoms with E-state index in [4.69, 9.17) is 4.74 Å². The van der Waals surface area contributed by atoms with Crippen molar-refractivity contribution < 1.29 is 4.74 Å². The number of anilines is 2. The van der Waals surface area contributed by atoms with Crippen LogP contribution >= 0.6 is 0 Å². The summed E-state index contributed by atoms with van der Waals surface area (Å²) >= 11 is 0. The van der Waals surface area contributed by atoms with Gasteiger partial charge in [-0.15, -0.1) is 5.10 Å². The molecule has 0 bridgehead atoms. The van der Waals surface area contributed by atoms with Crippen LogP contribution in [-0.4, -0.2) is 36.0 Å². The zero-order chi connectivity index (χ0) is 15.8. The molecule has 0 N–H and O–H groups in total. The Morgan fingerprint density at radius 3 is 2.52 bits per heavy atom. The number of benzene rings is 1. The number of fused-ring (bicyclic) bond motifs is 1. The van der Waals surface area contributed by atoms with Crippen LogP contribution in [0, 0.1) is 6.92 Å². The lowest BCUT2D eigenvalue weighted by molar-refractivity contribution is 0.519. The van der Waals surface area contributed by atoms with Crippen molar-refractivity contribution in [2.75, 3.05) is 30.0 Å². The fourth-order valence-electron chi connectivity index (χ4n) is 2.93. The van der Waals surface area contributed by atoms with Gasteiger partial charge < -0.3 is 9.64 Å². The van der Waals surface area contributed by atoms with Crippen molar-refractivity contribution >= 4 is 17.7 Å². The van der Waals surface area contributed by atoms with E-state index in [-0.39, 0.29) is 0 Å². The zero-order valence-corrected chi connectivity index (χ0v) is 13.4. The van der Waals surface area contributed by atoms with Gasteiger partial charge >= 0.3 is 0 Å². The summed E-state index contributed by atoms with van der Waals surface area (Å²) < 4.78 is 6.00. The van der Waals surface area contributed by atoms with Gasteiger partial charge in [0, 0.05) is 25.7 Å². The van der Waals surface area contributed by atoms with E-state index < -0.39 is 0 Å². The van der Waals surface area contributed by atoms with Crippen molar-refractivity contribution in [1.29, 1.82) is 0 Å². The number of aromatic nitrogens is 2. The SMILES string of the molecule is Cc1nc(N2CCCC2)nc2c1OC(c1ccccc1)=NN2C. The second-order valence-corrected chi connectivity index (χ2v) is 5.85. The summed E-state index contributed by atoms with van der Waals surface area (Å²) in [5.74, 6) is 2.75. The van der Waals surface area contributed by atoms with E-state index in [0.717, 1.165) is 36.1 Å². The van der Waals surface area contributed by atoms with Crippen LogP contribution in [0.4, 0.5) is 11.8 Å². The van der Waals surface area contributed by atoms with Gasteiger partial charge in [0.15, 0.2) is 11.6 Å². The van der Waals surface area contributed by atoms with Crippen LogP contribution in [0.3, 0.4) is 0 Å². The van der Waals surface area contributed by atoms with Crippen molar-refractivity contribution in [2.24, 2.45) is 5.10 Å². The molecule has 2 aromatic rings. The van der Waals surface area contributed by atoms with Gasteiger partial charge in [0.1, 0.15) is 0 Å². The number of rotatable bonds is 2. The van der Waals surface area contributed by atoms with Gasteiger partial charge in [0.2, 0.25) is 11.8 Å². The maximum Gasteiger partial charge on any atom is 0.244 e. The molecule has 118 valence electrons. The summed E-state index contributed by atoms with van der Waals surface area (Å²) in [6.45, 7) is 3.99. The summed E-state index contributed by atoms with van der Waals surface area (Å²) in [7, 11) is 1.89. The topological polar surface area (TPSA) is 53.9 Å². The lowest BCUT2D eigenvalue weighted by atomic mass is 10.2. The van der Waals surface area contributed by atoms with Crippen molar-refractivity contribution in [3.05, 3.63) is 41.6 Å². The van der Waals surface area contributed by atoms with E-state index in [2.05, 4.69) is 20.0 Å². The molecule has 0 amide bonds. The predicted octanol–water partition coefficient (Wildman–Crippen LogP) is 2.58. The number of hydrogen-bond acceptors (Lipinski definition) is 6. The molecule has 0 radical (unpaired) electrons. The Morgan fingerprint density at radius 1 is 1.04 bits per heavy atom. The van der Waals surface area contributed by atoms with E-state index in [9.17, 15) is 0 Å². The Bertz CT molecular complexity index is 753. The molecule has 3 heterocycles. The van der Waals surface area contributed by atoms with E-state index in [1.54, 1.807) is 5.01 Å². The van der Waals surface area contributed by atoms with Gasteiger partial charge in [-0.3, -0.25) is 0 Å². The molecular weight excluding hydrogens is 290 g/mol. The number of ether oxygens (including phenoxy) is 1. The Hall–Kier alpha value is -2.63. The summed E-state index contributed by atoms with van der Waals surface area (Å²) in [5, 5.41) is 6.29. The van der Waals surface area contributed by atoms with Crippen molar-refractivity contribution in [1.82, 2.24) is 9.97 Å². The number of hydrogen-bond donors (Lipinski definition) is 0. The van der Waals surface area contributed by atoms with E-state index in [1.165, 1.54) is 12.8 Å². The Morgan fingerprint density at radius 2 is 1.78 bits per heavy atom. The summed E-state index contributed by atoms with van der Waals surface area (Å²) in [6, 6.07) is 9.87. The van der Waals surface area contributed by atoms with Gasteiger partial charge in [-0.1, -0.05) is 18.2 Å². The Labute approximate surface area is 135 Å². The molecule has 1 fully saturated rings. The molecule has 23 heavy (non-hydrogen) atoms. The molecule has 6 nitrogen and oxygen atoms in total. The minimum atomic E-state index is 0.571. The fourth-order valence-corrected chi connectivity index (χ4v) is 2.93. The monoisotopic (exact) mass is 309 g/mol. The first-order valence-corrected chi connectivity index (χ1v) is 7.91. The third kappa shape index (κ3) is 2.50. The minimum absolute atomic E-state index is 0.571. The molecule has 2 aliphatic heterocycles. The summed E-state index contributed by atoms with van der Waals surface area (Å²) in [6.07, 6.45) is 2.39. The molecule has 1 aromatic carbocycles. The molecule has 2 aliphatic rings. The molecule has 0 atom stereocenters. The van der Waals surface area contributed by atoms with Crippen LogP contribution < -0.4 is 14.6 Å². The van der Waals surface area contributed by atoms with Crippen LogP contribution in [0.15, 0.2) is 35.4 Å². The molecule has 6 heteroatoms. The highest BCUT2D eigenvalue weighted by Gasteiger charge is 2.26. The summed E-state index contributed by atoms with van der Waals surface area (Å²) in [4.78, 5) is 11.5. The largest absolute Gasteiger partial charge is 0.431 e. The molecule has 0 unspecified atom stereocenters. The minimum Gasteiger partial charge on any atom is -0.431 e. The molecule has 0 saturated carbocycles. The average Bonchev–Trinajstić information content (AvgIpc) is 3.11. The maximum absolute atomic E-state index is 6.00. The Kier molecular flexibility index (Phi) is 3.37. The second-order valence-electron chi connectivity index (χ2n) is 5.85. The van der Waals surface area contributed by atoms with Gasteiger partial charge in [-0.25, -0.2) is 9.99 Å². The van der Waals surface area contributed by atoms with Gasteiger partial charge in [0.25, 0.3) is 0 Å². The number of aryl methyl sites for hydroxylation is 1. The van der Waals surface area contributed by atoms with Crippen LogP contribution in [0.5, 0.6) is 5.75 Å². The Balaban J connectivity index is 1.72. The summed E-state index contributed by atoms with van der Waals surface area (Å²) in [5.41, 5.74) is 1.78. The molecule has 4 rings (SSSR count).